The zero-order chi connectivity index (χ0) is 20.8. The van der Waals surface area contributed by atoms with E-state index in [1.165, 1.54) is 6.07 Å². The summed E-state index contributed by atoms with van der Waals surface area (Å²) in [6.45, 7) is 0. The van der Waals surface area contributed by atoms with E-state index in [1.54, 1.807) is 42.5 Å². The minimum atomic E-state index is -0.784. The highest BCUT2D eigenvalue weighted by Crippen LogP contribution is 2.29. The topological polar surface area (TPSA) is 137 Å². The highest BCUT2D eigenvalue weighted by atomic mass is 16.6. The van der Waals surface area contributed by atoms with Crippen LogP contribution >= 0.6 is 0 Å². The van der Waals surface area contributed by atoms with Gasteiger partial charge in [-0.05, 0) is 30.3 Å². The molecule has 29 heavy (non-hydrogen) atoms. The second kappa shape index (κ2) is 8.48. The van der Waals surface area contributed by atoms with Crippen LogP contribution in [0.15, 0.2) is 72.8 Å². The number of amides is 1. The fourth-order valence-electron chi connectivity index (χ4n) is 2.44. The first kappa shape index (κ1) is 19.3. The quantitative estimate of drug-likeness (QED) is 0.455. The van der Waals surface area contributed by atoms with E-state index in [2.05, 4.69) is 10.9 Å². The molecule has 10 nitrogen and oxygen atoms in total. The zero-order valence-corrected chi connectivity index (χ0v) is 14.8. The van der Waals surface area contributed by atoms with Gasteiger partial charge in [0, 0.05) is 6.07 Å². The SMILES string of the molecule is O=C(NNc1ccc([N+](=O)[O-])cc1[N+](=O)[O-])c1ccccc1Oc1ccccc1. The largest absolute Gasteiger partial charge is 0.457 e. The summed E-state index contributed by atoms with van der Waals surface area (Å²) in [6.07, 6.45) is 0. The maximum Gasteiger partial charge on any atom is 0.300 e. The lowest BCUT2D eigenvalue weighted by Gasteiger charge is -2.12. The van der Waals surface area contributed by atoms with Gasteiger partial charge in [0.2, 0.25) is 0 Å². The number of ether oxygens (including phenoxy) is 1. The van der Waals surface area contributed by atoms with Crippen LogP contribution in [-0.2, 0) is 0 Å². The Hall–Kier alpha value is -4.47. The number of benzene rings is 3. The van der Waals surface area contributed by atoms with Crippen LogP contribution < -0.4 is 15.6 Å². The molecule has 0 aliphatic carbocycles. The summed E-state index contributed by atoms with van der Waals surface area (Å²) < 4.78 is 5.71. The first-order valence-corrected chi connectivity index (χ1v) is 8.27. The molecule has 0 aromatic heterocycles. The molecular weight excluding hydrogens is 380 g/mol. The molecule has 0 saturated carbocycles. The Morgan fingerprint density at radius 2 is 1.55 bits per heavy atom. The monoisotopic (exact) mass is 394 g/mol. The number of para-hydroxylation sites is 2. The number of carbonyl (C=O) groups is 1. The van der Waals surface area contributed by atoms with Gasteiger partial charge in [-0.2, -0.15) is 0 Å². The number of hydrogen-bond acceptors (Lipinski definition) is 7. The summed E-state index contributed by atoms with van der Waals surface area (Å²) in [5.41, 5.74) is 3.88. The lowest BCUT2D eigenvalue weighted by molar-refractivity contribution is -0.393. The molecule has 10 heteroatoms. The van der Waals surface area contributed by atoms with Crippen molar-refractivity contribution in [2.45, 2.75) is 0 Å². The Balaban J connectivity index is 1.78. The fourth-order valence-corrected chi connectivity index (χ4v) is 2.44. The standard InChI is InChI=1S/C19H14N4O6/c24-19(15-8-4-5-9-18(15)29-14-6-2-1-3-7-14)21-20-16-11-10-13(22(25)26)12-17(16)23(27)28/h1-12,20H,(H,21,24). The molecule has 0 bridgehead atoms. The van der Waals surface area contributed by atoms with Crippen molar-refractivity contribution in [2.24, 2.45) is 0 Å². The van der Waals surface area contributed by atoms with Crippen LogP contribution in [0.2, 0.25) is 0 Å². The van der Waals surface area contributed by atoms with Gasteiger partial charge in [-0.25, -0.2) is 0 Å². The highest BCUT2D eigenvalue weighted by molar-refractivity contribution is 5.97. The molecule has 0 spiro atoms. The van der Waals surface area contributed by atoms with Gasteiger partial charge in [0.15, 0.2) is 0 Å². The van der Waals surface area contributed by atoms with E-state index in [-0.39, 0.29) is 17.0 Å². The van der Waals surface area contributed by atoms with E-state index in [0.717, 1.165) is 18.2 Å². The number of hydrazine groups is 1. The Labute approximate surface area is 164 Å². The molecule has 0 aliphatic rings. The first-order valence-electron chi connectivity index (χ1n) is 8.27. The average molecular weight is 394 g/mol. The number of hydrogen-bond donors (Lipinski definition) is 2. The van der Waals surface area contributed by atoms with Crippen LogP contribution in [0, 0.1) is 20.2 Å². The number of nitrogens with zero attached hydrogens (tertiary/aromatic N) is 2. The van der Waals surface area contributed by atoms with Gasteiger partial charge in [-0.1, -0.05) is 30.3 Å². The number of nitrogens with one attached hydrogen (secondary N) is 2. The van der Waals surface area contributed by atoms with Crippen molar-refractivity contribution >= 4 is 23.0 Å². The summed E-state index contributed by atoms with van der Waals surface area (Å²) in [4.78, 5) is 33.0. The number of carbonyl (C=O) groups excluding carboxylic acids is 1. The normalized spacial score (nSPS) is 10.1. The van der Waals surface area contributed by atoms with E-state index in [0.29, 0.717) is 5.75 Å². The summed E-state index contributed by atoms with van der Waals surface area (Å²) >= 11 is 0. The zero-order valence-electron chi connectivity index (χ0n) is 14.8. The summed E-state index contributed by atoms with van der Waals surface area (Å²) in [6, 6.07) is 18.4. The van der Waals surface area contributed by atoms with Gasteiger partial charge >= 0.3 is 5.69 Å². The molecule has 3 rings (SSSR count). The van der Waals surface area contributed by atoms with Crippen LogP contribution in [0.5, 0.6) is 11.5 Å². The van der Waals surface area contributed by atoms with Crippen LogP contribution in [0.25, 0.3) is 0 Å². The van der Waals surface area contributed by atoms with E-state index < -0.39 is 27.1 Å². The summed E-state index contributed by atoms with van der Waals surface area (Å²) in [5.74, 6) is 0.215. The molecule has 0 fully saturated rings. The lowest BCUT2D eigenvalue weighted by atomic mass is 10.2. The second-order valence-electron chi connectivity index (χ2n) is 5.71. The number of nitro groups is 2. The molecule has 0 atom stereocenters. The van der Waals surface area contributed by atoms with Crippen molar-refractivity contribution < 1.29 is 19.4 Å². The molecule has 2 N–H and O–H groups in total. The molecule has 3 aromatic carbocycles. The van der Waals surface area contributed by atoms with Crippen LogP contribution in [-0.4, -0.2) is 15.8 Å². The van der Waals surface area contributed by atoms with Gasteiger partial charge in [0.25, 0.3) is 11.6 Å². The Bertz CT molecular complexity index is 1070. The number of non-ortho nitro benzene ring substituents is 1. The Morgan fingerprint density at radius 1 is 0.862 bits per heavy atom. The van der Waals surface area contributed by atoms with Crippen molar-refractivity contribution in [1.82, 2.24) is 5.43 Å². The third kappa shape index (κ3) is 4.63. The molecule has 3 aromatic rings. The van der Waals surface area contributed by atoms with Crippen LogP contribution in [0.3, 0.4) is 0 Å². The Kier molecular flexibility index (Phi) is 5.64. The van der Waals surface area contributed by atoms with Crippen LogP contribution in [0.4, 0.5) is 17.1 Å². The number of nitro benzene ring substituents is 2. The van der Waals surface area contributed by atoms with E-state index in [1.807, 2.05) is 6.07 Å². The average Bonchev–Trinajstić information content (AvgIpc) is 2.73. The van der Waals surface area contributed by atoms with Gasteiger partial charge in [-0.3, -0.25) is 35.9 Å². The molecule has 0 heterocycles. The second-order valence-corrected chi connectivity index (χ2v) is 5.71. The van der Waals surface area contributed by atoms with Crippen molar-refractivity contribution in [1.29, 1.82) is 0 Å². The summed E-state index contributed by atoms with van der Waals surface area (Å²) in [5, 5.41) is 22.0. The lowest BCUT2D eigenvalue weighted by Crippen LogP contribution is -2.30. The predicted molar refractivity (Wildman–Crippen MR) is 104 cm³/mol. The summed E-state index contributed by atoms with van der Waals surface area (Å²) in [7, 11) is 0. The molecule has 0 radical (unpaired) electrons. The van der Waals surface area contributed by atoms with E-state index >= 15 is 0 Å². The molecule has 0 aliphatic heterocycles. The van der Waals surface area contributed by atoms with Gasteiger partial charge in [0.1, 0.15) is 17.2 Å². The first-order chi connectivity index (χ1) is 14.0. The predicted octanol–water partition coefficient (Wildman–Crippen LogP) is 4.05. The van der Waals surface area contributed by atoms with Crippen molar-refractivity contribution in [2.75, 3.05) is 5.43 Å². The van der Waals surface area contributed by atoms with Crippen molar-refractivity contribution in [3.8, 4) is 11.5 Å². The van der Waals surface area contributed by atoms with Crippen molar-refractivity contribution in [3.05, 3.63) is 98.6 Å². The third-order valence-electron chi connectivity index (χ3n) is 3.80. The molecule has 0 unspecified atom stereocenters. The minimum Gasteiger partial charge on any atom is -0.457 e. The molecule has 0 saturated heterocycles. The van der Waals surface area contributed by atoms with Gasteiger partial charge < -0.3 is 4.74 Å². The number of rotatable bonds is 7. The smallest absolute Gasteiger partial charge is 0.300 e. The van der Waals surface area contributed by atoms with Crippen molar-refractivity contribution in [3.63, 3.8) is 0 Å². The minimum absolute atomic E-state index is 0.101. The molecular formula is C19H14N4O6. The highest BCUT2D eigenvalue weighted by Gasteiger charge is 2.20. The van der Waals surface area contributed by atoms with E-state index in [4.69, 9.17) is 4.74 Å². The molecule has 146 valence electrons. The maximum atomic E-state index is 12.6. The number of anilines is 1. The maximum absolute atomic E-state index is 12.6. The third-order valence-corrected chi connectivity index (χ3v) is 3.80. The van der Waals surface area contributed by atoms with Gasteiger partial charge in [0.05, 0.1) is 21.5 Å². The fraction of sp³-hybridized carbons (Fsp3) is 0. The van der Waals surface area contributed by atoms with Gasteiger partial charge in [-0.15, -0.1) is 0 Å². The molecule has 1 amide bonds. The van der Waals surface area contributed by atoms with Crippen LogP contribution in [0.1, 0.15) is 10.4 Å². The Morgan fingerprint density at radius 3 is 2.24 bits per heavy atom. The van der Waals surface area contributed by atoms with E-state index in [9.17, 15) is 25.0 Å².